The highest BCUT2D eigenvalue weighted by molar-refractivity contribution is 7.46. The van der Waals surface area contributed by atoms with Crippen LogP contribution in [-0.4, -0.2) is 35.6 Å². The van der Waals surface area contributed by atoms with Crippen molar-refractivity contribution in [2.75, 3.05) is 20.3 Å². The first kappa shape index (κ1) is 23.7. The lowest BCUT2D eigenvalue weighted by molar-refractivity contribution is 0.153. The third-order valence-electron chi connectivity index (χ3n) is 5.61. The number of phosphoric ester groups is 1. The molecule has 170 valence electrons. The third kappa shape index (κ3) is 7.02. The number of hydrogen-bond acceptors (Lipinski definition) is 5. The van der Waals surface area contributed by atoms with E-state index in [1.165, 1.54) is 13.2 Å². The van der Waals surface area contributed by atoms with Crippen LogP contribution in [0.2, 0.25) is 0 Å². The van der Waals surface area contributed by atoms with Crippen LogP contribution < -0.4 is 15.2 Å². The molecule has 1 fully saturated rings. The number of nitrogens with two attached hydrogens (primary N) is 1. The highest BCUT2D eigenvalue weighted by atomic mass is 31.2. The highest BCUT2D eigenvalue weighted by Gasteiger charge is 2.38. The summed E-state index contributed by atoms with van der Waals surface area (Å²) in [5.74, 6) is 0.858. The monoisotopic (exact) mass is 453 g/mol. The summed E-state index contributed by atoms with van der Waals surface area (Å²) in [6.07, 6.45) is 3.63. The van der Waals surface area contributed by atoms with E-state index in [1.807, 2.05) is 24.3 Å². The van der Waals surface area contributed by atoms with E-state index in [9.17, 15) is 8.96 Å². The molecule has 0 spiro atoms. The van der Waals surface area contributed by atoms with Gasteiger partial charge in [-0.1, -0.05) is 18.2 Å². The fourth-order valence-electron chi connectivity index (χ4n) is 3.95. The van der Waals surface area contributed by atoms with Gasteiger partial charge in [-0.2, -0.15) is 0 Å². The molecule has 3 rings (SSSR count). The topological polar surface area (TPSA) is 111 Å². The van der Waals surface area contributed by atoms with Crippen molar-refractivity contribution in [3.05, 3.63) is 59.4 Å². The lowest BCUT2D eigenvalue weighted by Gasteiger charge is -2.24. The molecular formula is C22H29FNO6P. The van der Waals surface area contributed by atoms with Gasteiger partial charge in [0.15, 0.2) is 11.6 Å². The number of rotatable bonds is 10. The molecule has 1 saturated carbocycles. The summed E-state index contributed by atoms with van der Waals surface area (Å²) in [4.78, 5) is 17.8. The molecule has 31 heavy (non-hydrogen) atoms. The number of ether oxygens (including phenoxy) is 2. The molecule has 0 amide bonds. The van der Waals surface area contributed by atoms with Gasteiger partial charge < -0.3 is 25.0 Å². The normalized spacial score (nSPS) is 21.3. The Hall–Kier alpha value is -1.96. The smallest absolute Gasteiger partial charge is 0.469 e. The largest absolute Gasteiger partial charge is 0.494 e. The molecule has 1 aliphatic carbocycles. The van der Waals surface area contributed by atoms with E-state index in [0.717, 1.165) is 36.1 Å². The van der Waals surface area contributed by atoms with Crippen LogP contribution in [0.25, 0.3) is 0 Å². The van der Waals surface area contributed by atoms with Gasteiger partial charge in [-0.05, 0) is 73.4 Å². The van der Waals surface area contributed by atoms with E-state index in [1.54, 1.807) is 12.1 Å². The van der Waals surface area contributed by atoms with Crippen LogP contribution in [0, 0.1) is 5.82 Å². The maximum atomic E-state index is 13.5. The zero-order valence-electron chi connectivity index (χ0n) is 17.5. The number of hydrogen-bond donors (Lipinski definition) is 3. The number of benzene rings is 2. The number of aryl methyl sites for hydroxylation is 1. The van der Waals surface area contributed by atoms with Gasteiger partial charge in [0.05, 0.1) is 20.3 Å². The van der Waals surface area contributed by atoms with E-state index in [2.05, 4.69) is 4.52 Å². The molecule has 0 heterocycles. The average Bonchev–Trinajstić information content (AvgIpc) is 3.13. The summed E-state index contributed by atoms with van der Waals surface area (Å²) in [6, 6.07) is 12.7. The molecular weight excluding hydrogens is 424 g/mol. The zero-order valence-corrected chi connectivity index (χ0v) is 18.4. The fourth-order valence-corrected chi connectivity index (χ4v) is 4.37. The minimum atomic E-state index is -4.52. The summed E-state index contributed by atoms with van der Waals surface area (Å²) >= 11 is 0. The molecule has 0 radical (unpaired) electrons. The first-order valence-electron chi connectivity index (χ1n) is 10.2. The van der Waals surface area contributed by atoms with Gasteiger partial charge in [0, 0.05) is 5.54 Å². The minimum absolute atomic E-state index is 0.158. The quantitative estimate of drug-likeness (QED) is 0.369. The maximum absolute atomic E-state index is 13.5. The predicted octanol–water partition coefficient (Wildman–Crippen LogP) is 3.92. The van der Waals surface area contributed by atoms with E-state index in [0.29, 0.717) is 19.4 Å². The molecule has 0 aliphatic heterocycles. The Morgan fingerprint density at radius 2 is 1.97 bits per heavy atom. The summed E-state index contributed by atoms with van der Waals surface area (Å²) in [5, 5.41) is 0. The summed E-state index contributed by atoms with van der Waals surface area (Å²) in [6.45, 7) is 0.378. The lowest BCUT2D eigenvalue weighted by atomic mass is 9.94. The number of phosphoric acid groups is 1. The fraction of sp³-hybridized carbons (Fsp3) is 0.455. The number of halogens is 1. The maximum Gasteiger partial charge on any atom is 0.469 e. The van der Waals surface area contributed by atoms with Gasteiger partial charge >= 0.3 is 7.82 Å². The van der Waals surface area contributed by atoms with Crippen molar-refractivity contribution in [2.24, 2.45) is 5.73 Å². The average molecular weight is 453 g/mol. The van der Waals surface area contributed by atoms with Gasteiger partial charge in [-0.3, -0.25) is 4.52 Å². The highest BCUT2D eigenvalue weighted by Crippen LogP contribution is 2.43. The molecule has 0 unspecified atom stereocenters. The van der Waals surface area contributed by atoms with E-state index in [-0.39, 0.29) is 24.1 Å². The molecule has 0 saturated heterocycles. The van der Waals surface area contributed by atoms with E-state index in [4.69, 9.17) is 25.0 Å². The third-order valence-corrected chi connectivity index (χ3v) is 6.07. The first-order valence-corrected chi connectivity index (χ1v) is 11.7. The Morgan fingerprint density at radius 3 is 2.65 bits per heavy atom. The number of methoxy groups -OCH3 is 1. The second-order valence-corrected chi connectivity index (χ2v) is 9.30. The zero-order chi connectivity index (χ0) is 22.5. The summed E-state index contributed by atoms with van der Waals surface area (Å²) in [5.41, 5.74) is 7.64. The van der Waals surface area contributed by atoms with Crippen molar-refractivity contribution < 1.29 is 32.7 Å². The van der Waals surface area contributed by atoms with Crippen molar-refractivity contribution in [1.29, 1.82) is 0 Å². The molecule has 0 bridgehead atoms. The van der Waals surface area contributed by atoms with Gasteiger partial charge in [0.1, 0.15) is 5.75 Å². The Balaban J connectivity index is 1.45. The summed E-state index contributed by atoms with van der Waals surface area (Å²) < 4.78 is 39.8. The van der Waals surface area contributed by atoms with Gasteiger partial charge in [0.25, 0.3) is 0 Å². The molecule has 9 heteroatoms. The van der Waals surface area contributed by atoms with E-state index < -0.39 is 13.4 Å². The Morgan fingerprint density at radius 1 is 1.23 bits per heavy atom. The molecule has 2 aromatic carbocycles. The van der Waals surface area contributed by atoms with Crippen LogP contribution >= 0.6 is 7.82 Å². The second-order valence-electron chi connectivity index (χ2n) is 8.06. The van der Waals surface area contributed by atoms with Crippen molar-refractivity contribution in [3.8, 4) is 11.5 Å². The van der Waals surface area contributed by atoms with E-state index >= 15 is 0 Å². The van der Waals surface area contributed by atoms with Crippen LogP contribution in [0.5, 0.6) is 11.5 Å². The second kappa shape index (κ2) is 10.1. The van der Waals surface area contributed by atoms with Crippen LogP contribution in [-0.2, 0) is 15.5 Å². The predicted molar refractivity (Wildman–Crippen MR) is 115 cm³/mol. The Bertz CT molecular complexity index is 919. The van der Waals surface area contributed by atoms with Crippen LogP contribution in [0.15, 0.2) is 42.5 Å². The van der Waals surface area contributed by atoms with Crippen LogP contribution in [0.4, 0.5) is 4.39 Å². The standard InChI is InChI=1S/C22H29FNO6P/c1-28-21-13-16(4-9-20(21)23)3-2-12-29-19-7-5-17(6-8-19)18-10-11-22(24,14-18)15-30-31(25,26)27/h4-9,13,18H,2-3,10-12,14-15,24H2,1H3,(H2,25,26,27)/t18-,22+/m1/s1. The van der Waals surface area contributed by atoms with Crippen molar-refractivity contribution in [1.82, 2.24) is 0 Å². The minimum Gasteiger partial charge on any atom is -0.494 e. The van der Waals surface area contributed by atoms with Crippen molar-refractivity contribution >= 4 is 7.82 Å². The molecule has 2 aromatic rings. The molecule has 4 N–H and O–H groups in total. The lowest BCUT2D eigenvalue weighted by Crippen LogP contribution is -2.41. The van der Waals surface area contributed by atoms with Gasteiger partial charge in [-0.25, -0.2) is 8.96 Å². The first-order chi connectivity index (χ1) is 14.7. The van der Waals surface area contributed by atoms with Crippen LogP contribution in [0.1, 0.15) is 42.7 Å². The van der Waals surface area contributed by atoms with Gasteiger partial charge in [0.2, 0.25) is 0 Å². The summed E-state index contributed by atoms with van der Waals surface area (Å²) in [7, 11) is -3.07. The molecule has 0 aromatic heterocycles. The molecule has 1 aliphatic rings. The molecule has 2 atom stereocenters. The Kier molecular flexibility index (Phi) is 7.73. The van der Waals surface area contributed by atoms with Crippen LogP contribution in [0.3, 0.4) is 0 Å². The van der Waals surface area contributed by atoms with Crippen molar-refractivity contribution in [3.63, 3.8) is 0 Å². The Labute approximate surface area is 181 Å². The van der Waals surface area contributed by atoms with Gasteiger partial charge in [-0.15, -0.1) is 0 Å². The SMILES string of the molecule is COc1cc(CCCOc2ccc([C@@H]3CC[C@@](N)(COP(=O)(O)O)C3)cc2)ccc1F. The van der Waals surface area contributed by atoms with Crippen molar-refractivity contribution in [2.45, 2.75) is 43.6 Å². The molecule has 7 nitrogen and oxygen atoms in total.